The number of rotatable bonds is 1. The third-order valence-corrected chi connectivity index (χ3v) is 2.85. The Balaban J connectivity index is 2.00. The number of ether oxygens (including phenoxy) is 1. The number of pyridine rings is 1. The van der Waals surface area contributed by atoms with E-state index in [1.165, 1.54) is 0 Å². The van der Waals surface area contributed by atoms with Gasteiger partial charge in [-0.05, 0) is 12.1 Å². The van der Waals surface area contributed by atoms with Crippen molar-refractivity contribution in [1.82, 2.24) is 10.3 Å². The quantitative estimate of drug-likeness (QED) is 0.629. The molecule has 2 unspecified atom stereocenters. The first kappa shape index (κ1) is 7.47. The Morgan fingerprint density at radius 1 is 1.46 bits per heavy atom. The highest BCUT2D eigenvalue weighted by molar-refractivity contribution is 5.19. The average molecular weight is 175 g/mol. The van der Waals surface area contributed by atoms with Crippen molar-refractivity contribution in [2.75, 3.05) is 13.2 Å². The molecule has 1 aromatic heterocycles. The van der Waals surface area contributed by atoms with Gasteiger partial charge in [0.15, 0.2) is 0 Å². The van der Waals surface area contributed by atoms with Gasteiger partial charge in [0.05, 0.1) is 18.3 Å². The Kier molecular flexibility index (Phi) is 1.45. The summed E-state index contributed by atoms with van der Waals surface area (Å²) in [6, 6.07) is 6.38. The van der Waals surface area contributed by atoms with Crippen LogP contribution in [0.2, 0.25) is 0 Å². The van der Waals surface area contributed by atoms with Crippen LogP contribution in [0.15, 0.2) is 24.4 Å². The normalized spacial score (nSPS) is 36.8. The van der Waals surface area contributed by atoms with Crippen LogP contribution in [-0.2, 0) is 10.3 Å². The summed E-state index contributed by atoms with van der Waals surface area (Å²) in [5.41, 5.74) is 0.866. The summed E-state index contributed by atoms with van der Waals surface area (Å²) in [6.07, 6.45) is 2.84. The zero-order chi connectivity index (χ0) is 8.73. The lowest BCUT2D eigenvalue weighted by molar-refractivity contribution is -0.0138. The molecule has 2 aliphatic heterocycles. The first-order chi connectivity index (χ1) is 6.39. The van der Waals surface area contributed by atoms with Gasteiger partial charge in [-0.1, -0.05) is 6.07 Å². The standard InChI is InChI=1S/C10H11N2O/c1-2-4-11-9(3-1)10-5-8(6-13-10)12-7-10/h1-4,8H,5-7H2. The molecule has 2 saturated heterocycles. The molecule has 0 aromatic carbocycles. The van der Waals surface area contributed by atoms with Crippen LogP contribution in [0.1, 0.15) is 12.1 Å². The number of aromatic nitrogens is 1. The van der Waals surface area contributed by atoms with Crippen LogP contribution in [0.5, 0.6) is 0 Å². The van der Waals surface area contributed by atoms with Gasteiger partial charge >= 0.3 is 0 Å². The van der Waals surface area contributed by atoms with Crippen LogP contribution in [0.25, 0.3) is 0 Å². The molecule has 13 heavy (non-hydrogen) atoms. The highest BCUT2D eigenvalue weighted by Crippen LogP contribution is 2.39. The van der Waals surface area contributed by atoms with Gasteiger partial charge in [-0.15, -0.1) is 0 Å². The van der Waals surface area contributed by atoms with E-state index in [-0.39, 0.29) is 5.60 Å². The average Bonchev–Trinajstić information content (AvgIpc) is 2.80. The third-order valence-electron chi connectivity index (χ3n) is 2.85. The monoisotopic (exact) mass is 175 g/mol. The Morgan fingerprint density at radius 3 is 3.00 bits per heavy atom. The first-order valence-corrected chi connectivity index (χ1v) is 4.61. The number of hydrogen-bond acceptors (Lipinski definition) is 2. The second-order valence-electron chi connectivity index (χ2n) is 3.72. The van der Waals surface area contributed by atoms with E-state index >= 15 is 0 Å². The maximum atomic E-state index is 5.77. The molecule has 0 saturated carbocycles. The fourth-order valence-corrected chi connectivity index (χ4v) is 2.15. The fraction of sp³-hybridized carbons (Fsp3) is 0.500. The van der Waals surface area contributed by atoms with Gasteiger partial charge < -0.3 is 4.74 Å². The van der Waals surface area contributed by atoms with E-state index in [0.29, 0.717) is 6.04 Å². The molecule has 1 aromatic rings. The van der Waals surface area contributed by atoms with E-state index in [1.807, 2.05) is 24.4 Å². The van der Waals surface area contributed by atoms with Crippen molar-refractivity contribution in [3.63, 3.8) is 0 Å². The Bertz CT molecular complexity index is 304. The summed E-state index contributed by atoms with van der Waals surface area (Å²) < 4.78 is 5.77. The number of morpholine rings is 1. The highest BCUT2D eigenvalue weighted by atomic mass is 16.5. The summed E-state index contributed by atoms with van der Waals surface area (Å²) in [5.74, 6) is 0. The zero-order valence-corrected chi connectivity index (χ0v) is 7.31. The molecule has 3 heteroatoms. The van der Waals surface area contributed by atoms with Crippen LogP contribution in [0.4, 0.5) is 0 Å². The Hall–Kier alpha value is -0.930. The van der Waals surface area contributed by atoms with Crippen LogP contribution in [0, 0.1) is 0 Å². The minimum Gasteiger partial charge on any atom is -0.366 e. The Morgan fingerprint density at radius 2 is 2.46 bits per heavy atom. The second-order valence-corrected chi connectivity index (χ2v) is 3.72. The summed E-state index contributed by atoms with van der Waals surface area (Å²) in [6.45, 7) is 1.56. The number of hydrogen-bond donors (Lipinski definition) is 0. The topological polar surface area (TPSA) is 36.2 Å². The lowest BCUT2D eigenvalue weighted by atomic mass is 9.98. The summed E-state index contributed by atoms with van der Waals surface area (Å²) >= 11 is 0. The van der Waals surface area contributed by atoms with Crippen molar-refractivity contribution in [1.29, 1.82) is 0 Å². The van der Waals surface area contributed by atoms with Crippen molar-refractivity contribution in [2.45, 2.75) is 18.1 Å². The molecular weight excluding hydrogens is 164 g/mol. The molecule has 2 fully saturated rings. The molecule has 0 spiro atoms. The van der Waals surface area contributed by atoms with Crippen molar-refractivity contribution < 1.29 is 4.74 Å². The maximum absolute atomic E-state index is 5.77. The zero-order valence-electron chi connectivity index (χ0n) is 7.31. The van der Waals surface area contributed by atoms with Crippen molar-refractivity contribution in [3.05, 3.63) is 30.1 Å². The molecule has 3 nitrogen and oxygen atoms in total. The van der Waals surface area contributed by atoms with E-state index in [4.69, 9.17) is 4.74 Å². The summed E-state index contributed by atoms with van der Waals surface area (Å²) in [5, 5.41) is 4.49. The van der Waals surface area contributed by atoms with E-state index in [0.717, 1.165) is 25.3 Å². The molecule has 2 bridgehead atoms. The molecule has 2 atom stereocenters. The van der Waals surface area contributed by atoms with Crippen LogP contribution in [-0.4, -0.2) is 24.2 Å². The van der Waals surface area contributed by atoms with Gasteiger partial charge in [0.2, 0.25) is 0 Å². The van der Waals surface area contributed by atoms with Gasteiger partial charge in [0.25, 0.3) is 0 Å². The third kappa shape index (κ3) is 1.01. The minimum absolute atomic E-state index is 0.175. The molecule has 67 valence electrons. The molecule has 0 aliphatic carbocycles. The van der Waals surface area contributed by atoms with Gasteiger partial charge in [-0.25, -0.2) is 5.32 Å². The maximum Gasteiger partial charge on any atom is 0.126 e. The van der Waals surface area contributed by atoms with E-state index in [1.54, 1.807) is 0 Å². The van der Waals surface area contributed by atoms with Gasteiger partial charge in [0.1, 0.15) is 5.60 Å². The lowest BCUT2D eigenvalue weighted by Crippen LogP contribution is -2.34. The number of nitrogens with zero attached hydrogens (tertiary/aromatic N) is 2. The SMILES string of the molecule is c1ccc(C23C[N]C(CO2)C3)nc1. The molecule has 0 N–H and O–H groups in total. The molecule has 3 heterocycles. The van der Waals surface area contributed by atoms with Gasteiger partial charge in [-0.2, -0.15) is 0 Å². The van der Waals surface area contributed by atoms with Gasteiger partial charge in [-0.3, -0.25) is 4.98 Å². The van der Waals surface area contributed by atoms with Crippen LogP contribution >= 0.6 is 0 Å². The van der Waals surface area contributed by atoms with Crippen molar-refractivity contribution >= 4 is 0 Å². The van der Waals surface area contributed by atoms with Crippen LogP contribution < -0.4 is 5.32 Å². The van der Waals surface area contributed by atoms with E-state index in [9.17, 15) is 0 Å². The molecule has 2 aliphatic rings. The van der Waals surface area contributed by atoms with Gasteiger partial charge in [0, 0.05) is 19.2 Å². The second kappa shape index (κ2) is 2.53. The predicted octanol–water partition coefficient (Wildman–Crippen LogP) is 0.684. The summed E-state index contributed by atoms with van der Waals surface area (Å²) in [4.78, 5) is 4.35. The predicted molar refractivity (Wildman–Crippen MR) is 47.3 cm³/mol. The van der Waals surface area contributed by atoms with Crippen molar-refractivity contribution in [2.24, 2.45) is 0 Å². The molecular formula is C10H11N2O. The Labute approximate surface area is 77.1 Å². The largest absolute Gasteiger partial charge is 0.366 e. The smallest absolute Gasteiger partial charge is 0.126 e. The summed E-state index contributed by atoms with van der Waals surface area (Å²) in [7, 11) is 0. The van der Waals surface area contributed by atoms with Crippen molar-refractivity contribution in [3.8, 4) is 0 Å². The highest BCUT2D eigenvalue weighted by Gasteiger charge is 2.49. The number of fused-ring (bicyclic) bond motifs is 2. The first-order valence-electron chi connectivity index (χ1n) is 4.61. The fourth-order valence-electron chi connectivity index (χ4n) is 2.15. The molecule has 1 radical (unpaired) electrons. The lowest BCUT2D eigenvalue weighted by Gasteiger charge is -2.24. The van der Waals surface area contributed by atoms with E-state index < -0.39 is 0 Å². The molecule has 3 rings (SSSR count). The minimum atomic E-state index is -0.175. The van der Waals surface area contributed by atoms with Crippen LogP contribution in [0.3, 0.4) is 0 Å². The van der Waals surface area contributed by atoms with E-state index in [2.05, 4.69) is 10.3 Å². The molecule has 0 amide bonds.